The molecule has 0 aliphatic carbocycles. The van der Waals surface area contributed by atoms with E-state index in [1.165, 1.54) is 11.3 Å². The maximum atomic E-state index is 12.9. The minimum atomic E-state index is -0.0460. The number of imidazole rings is 1. The highest BCUT2D eigenvalue weighted by molar-refractivity contribution is 5.79. The lowest BCUT2D eigenvalue weighted by atomic mass is 9.98. The molecule has 1 aliphatic heterocycles. The molecule has 1 amide bonds. The highest BCUT2D eigenvalue weighted by atomic mass is 16.2. The zero-order valence-corrected chi connectivity index (χ0v) is 15.6. The van der Waals surface area contributed by atoms with Gasteiger partial charge >= 0.3 is 0 Å². The summed E-state index contributed by atoms with van der Waals surface area (Å²) < 4.78 is 4.13. The lowest BCUT2D eigenvalue weighted by molar-refractivity contribution is -0.136. The second kappa shape index (κ2) is 6.07. The van der Waals surface area contributed by atoms with Crippen LogP contribution < -0.4 is 0 Å². The number of nitrogens with zero attached hydrogens (tertiary/aromatic N) is 5. The number of amides is 1. The molecule has 3 heterocycles. The van der Waals surface area contributed by atoms with Crippen LogP contribution in [0.5, 0.6) is 0 Å². The number of fused-ring (bicyclic) bond motifs is 1. The van der Waals surface area contributed by atoms with Crippen LogP contribution in [0, 0.1) is 33.6 Å². The third-order valence-corrected chi connectivity index (χ3v) is 5.37. The molecular weight excluding hydrogens is 302 g/mol. The lowest BCUT2D eigenvalue weighted by Crippen LogP contribution is -2.41. The summed E-state index contributed by atoms with van der Waals surface area (Å²) in [5, 5.41) is 4.46. The van der Waals surface area contributed by atoms with E-state index >= 15 is 0 Å². The van der Waals surface area contributed by atoms with Crippen LogP contribution in [0.3, 0.4) is 0 Å². The Bertz CT molecular complexity index is 786. The minimum absolute atomic E-state index is 0.0460. The Morgan fingerprint density at radius 3 is 2.46 bits per heavy atom. The summed E-state index contributed by atoms with van der Waals surface area (Å²) in [6.45, 7) is 12.4. The molecule has 6 heteroatoms. The predicted octanol–water partition coefficient (Wildman–Crippen LogP) is 2.07. The summed E-state index contributed by atoms with van der Waals surface area (Å²) in [7, 11) is 1.95. The molecule has 6 nitrogen and oxygen atoms in total. The first-order valence-corrected chi connectivity index (χ1v) is 8.60. The predicted molar refractivity (Wildman–Crippen MR) is 92.7 cm³/mol. The first-order valence-electron chi connectivity index (χ1n) is 8.60. The van der Waals surface area contributed by atoms with Crippen molar-refractivity contribution in [2.24, 2.45) is 13.0 Å². The Labute approximate surface area is 143 Å². The van der Waals surface area contributed by atoms with Crippen molar-refractivity contribution in [3.63, 3.8) is 0 Å². The van der Waals surface area contributed by atoms with E-state index < -0.39 is 0 Å². The van der Waals surface area contributed by atoms with E-state index in [1.54, 1.807) is 0 Å². The topological polar surface area (TPSA) is 56.0 Å². The second-order valence-corrected chi connectivity index (χ2v) is 6.99. The quantitative estimate of drug-likeness (QED) is 0.866. The molecule has 0 N–H and O–H groups in total. The molecule has 0 spiro atoms. The fraction of sp³-hybridized carbons (Fsp3) is 0.611. The zero-order valence-electron chi connectivity index (χ0n) is 15.6. The van der Waals surface area contributed by atoms with Crippen LogP contribution in [-0.2, 0) is 31.4 Å². The summed E-state index contributed by atoms with van der Waals surface area (Å²) in [5.41, 5.74) is 5.65. The summed E-state index contributed by atoms with van der Waals surface area (Å²) in [6.07, 6.45) is 0.743. The largest absolute Gasteiger partial charge is 0.333 e. The number of aryl methyl sites for hydroxylation is 3. The van der Waals surface area contributed by atoms with Gasteiger partial charge in [0.25, 0.3) is 0 Å². The maximum absolute atomic E-state index is 12.9. The normalized spacial score (nSPS) is 15.5. The van der Waals surface area contributed by atoms with Gasteiger partial charge in [0.05, 0.1) is 17.9 Å². The number of rotatable bonds is 3. The van der Waals surface area contributed by atoms with E-state index in [4.69, 9.17) is 0 Å². The van der Waals surface area contributed by atoms with E-state index in [9.17, 15) is 4.79 Å². The first kappa shape index (κ1) is 16.7. The van der Waals surface area contributed by atoms with Crippen molar-refractivity contribution in [2.75, 3.05) is 6.54 Å². The van der Waals surface area contributed by atoms with Gasteiger partial charge < -0.3 is 9.47 Å². The Hall–Kier alpha value is -2.11. The van der Waals surface area contributed by atoms with Gasteiger partial charge in [-0.05, 0) is 39.7 Å². The van der Waals surface area contributed by atoms with E-state index in [-0.39, 0.29) is 11.8 Å². The van der Waals surface area contributed by atoms with Gasteiger partial charge in [-0.25, -0.2) is 4.98 Å². The van der Waals surface area contributed by atoms with E-state index in [0.717, 1.165) is 42.4 Å². The first-order chi connectivity index (χ1) is 11.3. The monoisotopic (exact) mass is 329 g/mol. The van der Waals surface area contributed by atoms with Gasteiger partial charge in [0, 0.05) is 37.4 Å². The van der Waals surface area contributed by atoms with Gasteiger partial charge in [0.1, 0.15) is 5.82 Å². The van der Waals surface area contributed by atoms with Crippen LogP contribution >= 0.6 is 0 Å². The molecule has 0 saturated heterocycles. The smallest absolute Gasteiger partial charge is 0.226 e. The van der Waals surface area contributed by atoms with Crippen molar-refractivity contribution < 1.29 is 4.79 Å². The number of hydrogen-bond acceptors (Lipinski definition) is 3. The fourth-order valence-electron chi connectivity index (χ4n) is 3.62. The molecule has 0 bridgehead atoms. The van der Waals surface area contributed by atoms with Crippen molar-refractivity contribution in [3.05, 3.63) is 34.2 Å². The molecule has 1 atom stereocenters. The van der Waals surface area contributed by atoms with Crippen LogP contribution in [0.2, 0.25) is 0 Å². The third-order valence-electron chi connectivity index (χ3n) is 5.37. The van der Waals surface area contributed by atoms with Crippen LogP contribution in [-0.4, -0.2) is 36.7 Å². The average molecular weight is 329 g/mol. The summed E-state index contributed by atoms with van der Waals surface area (Å²) in [5.74, 6) is 1.17. The summed E-state index contributed by atoms with van der Waals surface area (Å²) >= 11 is 0. The average Bonchev–Trinajstić information content (AvgIpc) is 2.96. The van der Waals surface area contributed by atoms with Gasteiger partial charge in [-0.3, -0.25) is 9.48 Å². The highest BCUT2D eigenvalue weighted by Crippen LogP contribution is 2.22. The van der Waals surface area contributed by atoms with Crippen molar-refractivity contribution in [3.8, 4) is 0 Å². The summed E-state index contributed by atoms with van der Waals surface area (Å²) in [4.78, 5) is 19.5. The Kier molecular flexibility index (Phi) is 4.24. The van der Waals surface area contributed by atoms with Gasteiger partial charge in [-0.1, -0.05) is 6.92 Å². The van der Waals surface area contributed by atoms with Crippen LogP contribution in [0.15, 0.2) is 0 Å². The number of hydrogen-bond donors (Lipinski definition) is 0. The van der Waals surface area contributed by atoms with E-state index in [2.05, 4.69) is 28.5 Å². The van der Waals surface area contributed by atoms with Gasteiger partial charge in [-0.2, -0.15) is 5.10 Å². The van der Waals surface area contributed by atoms with Crippen molar-refractivity contribution in [1.29, 1.82) is 0 Å². The van der Waals surface area contributed by atoms with Crippen molar-refractivity contribution in [1.82, 2.24) is 24.2 Å². The second-order valence-electron chi connectivity index (χ2n) is 6.99. The molecule has 1 aliphatic rings. The molecule has 2 aromatic rings. The third kappa shape index (κ3) is 2.74. The number of aromatic nitrogens is 4. The van der Waals surface area contributed by atoms with Gasteiger partial charge in [-0.15, -0.1) is 0 Å². The molecule has 1 unspecified atom stereocenters. The molecule has 24 heavy (non-hydrogen) atoms. The number of carbonyl (C=O) groups excluding carboxylic acids is 1. The molecule has 0 radical (unpaired) electrons. The molecule has 0 aromatic carbocycles. The van der Waals surface area contributed by atoms with Crippen LogP contribution in [0.4, 0.5) is 0 Å². The highest BCUT2D eigenvalue weighted by Gasteiger charge is 2.28. The fourth-order valence-corrected chi connectivity index (χ4v) is 3.62. The van der Waals surface area contributed by atoms with E-state index in [1.807, 2.05) is 37.4 Å². The molecule has 0 saturated carbocycles. The molecule has 130 valence electrons. The minimum Gasteiger partial charge on any atom is -0.333 e. The van der Waals surface area contributed by atoms with Gasteiger partial charge in [0.2, 0.25) is 5.91 Å². The van der Waals surface area contributed by atoms with Crippen molar-refractivity contribution in [2.45, 2.75) is 54.1 Å². The SMILES string of the molecule is Cc1nn(C)c(C)c1CC(C)C(=O)N1CCn2c(nc(C)c2C)C1. The van der Waals surface area contributed by atoms with E-state index in [0.29, 0.717) is 6.54 Å². The maximum Gasteiger partial charge on any atom is 0.226 e. The van der Waals surface area contributed by atoms with Crippen molar-refractivity contribution >= 4 is 5.91 Å². The van der Waals surface area contributed by atoms with Crippen LogP contribution in [0.25, 0.3) is 0 Å². The lowest BCUT2D eigenvalue weighted by Gasteiger charge is -2.30. The summed E-state index contributed by atoms with van der Waals surface area (Å²) in [6, 6.07) is 0. The molecule has 0 fully saturated rings. The van der Waals surface area contributed by atoms with Gasteiger partial charge in [0.15, 0.2) is 0 Å². The Morgan fingerprint density at radius 1 is 1.12 bits per heavy atom. The zero-order chi connectivity index (χ0) is 17.6. The van der Waals surface area contributed by atoms with Crippen LogP contribution in [0.1, 0.15) is 41.1 Å². The number of carbonyl (C=O) groups is 1. The Morgan fingerprint density at radius 2 is 1.83 bits per heavy atom. The molecule has 2 aromatic heterocycles. The Balaban J connectivity index is 1.72. The molecular formula is C18H27N5O. The molecule has 3 rings (SSSR count). The standard InChI is InChI=1S/C18H27N5O/c1-11(9-16-13(3)20-21(6)15(16)5)18(24)22-7-8-23-14(4)12(2)19-17(23)10-22/h11H,7-10H2,1-6H3.